The average Bonchev–Trinajstić information content (AvgIpc) is 2.51. The number of aliphatic hydroxyl groups excluding tert-OH is 3. The summed E-state index contributed by atoms with van der Waals surface area (Å²) >= 11 is 0. The molecule has 132 valence electrons. The van der Waals surface area contributed by atoms with Crippen molar-refractivity contribution in [1.82, 2.24) is 0 Å². The molecule has 5 atom stereocenters. The molecule has 22 heavy (non-hydrogen) atoms. The van der Waals surface area contributed by atoms with Gasteiger partial charge in [-0.25, -0.2) is 0 Å². The molecule has 0 bridgehead atoms. The summed E-state index contributed by atoms with van der Waals surface area (Å²) in [5, 5.41) is 30.0. The minimum atomic E-state index is -1.36. The van der Waals surface area contributed by atoms with Gasteiger partial charge in [-0.1, -0.05) is 39.5 Å². The Balaban J connectivity index is 2.39. The average molecular weight is 320 g/mol. The Kier molecular flexibility index (Phi) is 10.2. The number of aliphatic hydroxyl groups is 3. The Labute approximate surface area is 133 Å². The fourth-order valence-electron chi connectivity index (χ4n) is 2.48. The van der Waals surface area contributed by atoms with E-state index in [1.807, 2.05) is 0 Å². The second-order valence-corrected chi connectivity index (χ2v) is 5.87. The lowest BCUT2D eigenvalue weighted by atomic mass is 9.99. The van der Waals surface area contributed by atoms with Gasteiger partial charge in [-0.15, -0.1) is 0 Å². The first-order valence-electron chi connectivity index (χ1n) is 8.50. The van der Waals surface area contributed by atoms with Crippen LogP contribution in [0.3, 0.4) is 0 Å². The van der Waals surface area contributed by atoms with Crippen molar-refractivity contribution in [3.63, 3.8) is 0 Å². The number of hydrogen-bond donors (Lipinski definition) is 3. The summed E-state index contributed by atoms with van der Waals surface area (Å²) in [7, 11) is 0. The van der Waals surface area contributed by atoms with E-state index in [0.717, 1.165) is 38.5 Å². The molecule has 1 rings (SSSR count). The topological polar surface area (TPSA) is 88.4 Å². The van der Waals surface area contributed by atoms with Gasteiger partial charge in [-0.3, -0.25) is 0 Å². The highest BCUT2D eigenvalue weighted by Gasteiger charge is 2.44. The third-order valence-corrected chi connectivity index (χ3v) is 3.89. The third-order valence-electron chi connectivity index (χ3n) is 3.89. The summed E-state index contributed by atoms with van der Waals surface area (Å²) in [5.74, 6) is 0. The Morgan fingerprint density at radius 1 is 0.864 bits per heavy atom. The van der Waals surface area contributed by atoms with Gasteiger partial charge in [0.25, 0.3) is 0 Å². The molecule has 1 aliphatic heterocycles. The van der Waals surface area contributed by atoms with Crippen LogP contribution in [0.2, 0.25) is 0 Å². The van der Waals surface area contributed by atoms with Crippen LogP contribution in [0.1, 0.15) is 52.4 Å². The van der Waals surface area contributed by atoms with Gasteiger partial charge in [0.2, 0.25) is 0 Å². The largest absolute Gasteiger partial charge is 0.387 e. The molecule has 1 fully saturated rings. The maximum absolute atomic E-state index is 10.3. The normalized spacial score (nSPS) is 32.3. The van der Waals surface area contributed by atoms with Crippen LogP contribution in [-0.4, -0.2) is 65.8 Å². The van der Waals surface area contributed by atoms with Crippen LogP contribution < -0.4 is 0 Å². The molecule has 6 nitrogen and oxygen atoms in total. The first-order chi connectivity index (χ1) is 10.6. The maximum atomic E-state index is 10.3. The fraction of sp³-hybridized carbons (Fsp3) is 1.00. The van der Waals surface area contributed by atoms with Crippen molar-refractivity contribution >= 4 is 0 Å². The molecule has 1 unspecified atom stereocenters. The molecule has 1 heterocycles. The van der Waals surface area contributed by atoms with Crippen LogP contribution in [0.15, 0.2) is 0 Å². The van der Waals surface area contributed by atoms with Crippen molar-refractivity contribution in [3.8, 4) is 0 Å². The highest BCUT2D eigenvalue weighted by molar-refractivity contribution is 4.89. The van der Waals surface area contributed by atoms with Crippen LogP contribution in [0, 0.1) is 0 Å². The van der Waals surface area contributed by atoms with Gasteiger partial charge >= 0.3 is 0 Å². The van der Waals surface area contributed by atoms with Crippen molar-refractivity contribution in [2.45, 2.75) is 83.1 Å². The van der Waals surface area contributed by atoms with E-state index < -0.39 is 30.7 Å². The van der Waals surface area contributed by atoms with Gasteiger partial charge in [-0.2, -0.15) is 0 Å². The van der Waals surface area contributed by atoms with E-state index in [1.54, 1.807) is 0 Å². The van der Waals surface area contributed by atoms with Crippen molar-refractivity contribution in [1.29, 1.82) is 0 Å². The maximum Gasteiger partial charge on any atom is 0.184 e. The minimum Gasteiger partial charge on any atom is -0.387 e. The predicted molar refractivity (Wildman–Crippen MR) is 82.5 cm³/mol. The summed E-state index contributed by atoms with van der Waals surface area (Å²) in [4.78, 5) is 0. The molecule has 0 aliphatic carbocycles. The van der Waals surface area contributed by atoms with Crippen LogP contribution in [0.5, 0.6) is 0 Å². The van der Waals surface area contributed by atoms with Crippen LogP contribution >= 0.6 is 0 Å². The van der Waals surface area contributed by atoms with Crippen LogP contribution in [-0.2, 0) is 14.2 Å². The van der Waals surface area contributed by atoms with Gasteiger partial charge in [-0.05, 0) is 12.8 Å². The van der Waals surface area contributed by atoms with Gasteiger partial charge in [0.15, 0.2) is 6.29 Å². The summed E-state index contributed by atoms with van der Waals surface area (Å²) in [6.07, 6.45) is 0.997. The van der Waals surface area contributed by atoms with Crippen LogP contribution in [0.25, 0.3) is 0 Å². The number of unbranched alkanes of at least 4 members (excludes halogenated alkanes) is 4. The Morgan fingerprint density at radius 3 is 2.14 bits per heavy atom. The standard InChI is InChI=1S/C16H32O6/c1-3-5-7-9-20-11-12-13(17)15(14(18)16(19)22-12)21-10-8-6-4-2/h12-19H,3-11H2,1-2H3/t12-,13-,14-,15+,16?/m1/s1. The predicted octanol–water partition coefficient (Wildman–Crippen LogP) is 1.21. The van der Waals surface area contributed by atoms with E-state index in [1.165, 1.54) is 0 Å². The van der Waals surface area contributed by atoms with E-state index in [4.69, 9.17) is 14.2 Å². The smallest absolute Gasteiger partial charge is 0.184 e. The zero-order chi connectivity index (χ0) is 16.4. The van der Waals surface area contributed by atoms with Gasteiger partial charge in [0.1, 0.15) is 24.4 Å². The molecule has 1 aliphatic rings. The number of hydrogen-bond acceptors (Lipinski definition) is 6. The Morgan fingerprint density at radius 2 is 1.50 bits per heavy atom. The second-order valence-electron chi connectivity index (χ2n) is 5.87. The molecule has 0 radical (unpaired) electrons. The molecule has 1 saturated heterocycles. The summed E-state index contributed by atoms with van der Waals surface area (Å²) in [5.41, 5.74) is 0. The Hall–Kier alpha value is -0.240. The second kappa shape index (κ2) is 11.3. The Bertz CT molecular complexity index is 275. The zero-order valence-electron chi connectivity index (χ0n) is 13.8. The molecule has 0 spiro atoms. The zero-order valence-corrected chi connectivity index (χ0v) is 13.8. The van der Waals surface area contributed by atoms with E-state index in [0.29, 0.717) is 13.2 Å². The lowest BCUT2D eigenvalue weighted by Crippen LogP contribution is -2.59. The van der Waals surface area contributed by atoms with Gasteiger partial charge in [0, 0.05) is 13.2 Å². The molecule has 0 aromatic carbocycles. The number of rotatable bonds is 11. The monoisotopic (exact) mass is 320 g/mol. The van der Waals surface area contributed by atoms with E-state index in [-0.39, 0.29) is 6.61 Å². The molecule has 0 amide bonds. The number of ether oxygens (including phenoxy) is 3. The molecular formula is C16H32O6. The lowest BCUT2D eigenvalue weighted by Gasteiger charge is -2.40. The molecule has 0 aromatic heterocycles. The quantitative estimate of drug-likeness (QED) is 0.496. The van der Waals surface area contributed by atoms with Crippen molar-refractivity contribution in [3.05, 3.63) is 0 Å². The summed E-state index contributed by atoms with van der Waals surface area (Å²) in [6.45, 7) is 5.44. The summed E-state index contributed by atoms with van der Waals surface area (Å²) in [6, 6.07) is 0. The molecule has 3 N–H and O–H groups in total. The van der Waals surface area contributed by atoms with Gasteiger partial charge in [0.05, 0.1) is 6.61 Å². The van der Waals surface area contributed by atoms with E-state index in [2.05, 4.69) is 13.8 Å². The first-order valence-corrected chi connectivity index (χ1v) is 8.50. The van der Waals surface area contributed by atoms with E-state index >= 15 is 0 Å². The molecule has 0 aromatic rings. The molecule has 0 saturated carbocycles. The highest BCUT2D eigenvalue weighted by Crippen LogP contribution is 2.23. The SMILES string of the molecule is CCCCCOC[C@H]1OC(O)[C@H](O)[C@@H](OCCCCC)[C@@H]1O. The van der Waals surface area contributed by atoms with E-state index in [9.17, 15) is 15.3 Å². The molecule has 6 heteroatoms. The molecular weight excluding hydrogens is 288 g/mol. The third kappa shape index (κ3) is 6.48. The van der Waals surface area contributed by atoms with Crippen molar-refractivity contribution in [2.24, 2.45) is 0 Å². The van der Waals surface area contributed by atoms with Crippen molar-refractivity contribution in [2.75, 3.05) is 19.8 Å². The lowest BCUT2D eigenvalue weighted by molar-refractivity contribution is -0.296. The minimum absolute atomic E-state index is 0.184. The fourth-order valence-corrected chi connectivity index (χ4v) is 2.48. The highest BCUT2D eigenvalue weighted by atomic mass is 16.7. The van der Waals surface area contributed by atoms with Crippen molar-refractivity contribution < 1.29 is 29.5 Å². The first kappa shape index (κ1) is 19.8. The van der Waals surface area contributed by atoms with Crippen LogP contribution in [0.4, 0.5) is 0 Å². The van der Waals surface area contributed by atoms with Gasteiger partial charge < -0.3 is 29.5 Å². The summed E-state index contributed by atoms with van der Waals surface area (Å²) < 4.78 is 16.3.